The van der Waals surface area contributed by atoms with E-state index in [0.717, 1.165) is 19.5 Å². The molecule has 1 aliphatic heterocycles. The van der Waals surface area contributed by atoms with Crippen molar-refractivity contribution in [3.63, 3.8) is 0 Å². The minimum atomic E-state index is -0.155. The maximum atomic E-state index is 9.77. The molecule has 94 valence electrons. The van der Waals surface area contributed by atoms with Crippen LogP contribution in [0.25, 0.3) is 0 Å². The molecule has 3 nitrogen and oxygen atoms in total. The lowest BCUT2D eigenvalue weighted by Gasteiger charge is -2.37. The van der Waals surface area contributed by atoms with Crippen LogP contribution >= 0.6 is 0 Å². The zero-order chi connectivity index (χ0) is 12.4. The predicted molar refractivity (Wildman–Crippen MR) is 71.1 cm³/mol. The first kappa shape index (κ1) is 12.4. The van der Waals surface area contributed by atoms with Gasteiger partial charge in [-0.15, -0.1) is 0 Å². The van der Waals surface area contributed by atoms with E-state index in [9.17, 15) is 5.11 Å². The SMILES string of the molecule is Cc1ccc(CN)c(N2CCC(O)C(C)C2)c1. The first-order valence-electron chi connectivity index (χ1n) is 6.34. The molecule has 2 rings (SSSR count). The second-order valence-electron chi connectivity index (χ2n) is 5.12. The Bertz CT molecular complexity index is 392. The summed E-state index contributed by atoms with van der Waals surface area (Å²) in [6.45, 7) is 6.61. The standard InChI is InChI=1S/C14H22N2O/c1-10-3-4-12(8-15)13(7-10)16-6-5-14(17)11(2)9-16/h3-4,7,11,14,17H,5-6,8-9,15H2,1-2H3. The third kappa shape index (κ3) is 2.61. The van der Waals surface area contributed by atoms with Crippen molar-refractivity contribution in [1.29, 1.82) is 0 Å². The van der Waals surface area contributed by atoms with E-state index in [4.69, 9.17) is 5.73 Å². The number of piperidine rings is 1. The molecule has 0 amide bonds. The largest absolute Gasteiger partial charge is 0.393 e. The van der Waals surface area contributed by atoms with Gasteiger partial charge in [0.05, 0.1) is 6.10 Å². The molecule has 0 bridgehead atoms. The van der Waals surface area contributed by atoms with Crippen LogP contribution in [0.15, 0.2) is 18.2 Å². The van der Waals surface area contributed by atoms with Crippen molar-refractivity contribution >= 4 is 5.69 Å². The number of rotatable bonds is 2. The number of aryl methyl sites for hydroxylation is 1. The highest BCUT2D eigenvalue weighted by Crippen LogP contribution is 2.27. The molecule has 1 aliphatic rings. The smallest absolute Gasteiger partial charge is 0.0599 e. The number of hydrogen-bond donors (Lipinski definition) is 2. The quantitative estimate of drug-likeness (QED) is 0.818. The van der Waals surface area contributed by atoms with Crippen LogP contribution in [0.1, 0.15) is 24.5 Å². The van der Waals surface area contributed by atoms with Crippen LogP contribution in [-0.4, -0.2) is 24.3 Å². The molecule has 3 heteroatoms. The van der Waals surface area contributed by atoms with E-state index in [1.165, 1.54) is 16.8 Å². The Labute approximate surface area is 103 Å². The Balaban J connectivity index is 2.24. The van der Waals surface area contributed by atoms with Gasteiger partial charge < -0.3 is 15.7 Å². The molecule has 0 spiro atoms. The van der Waals surface area contributed by atoms with Gasteiger partial charge in [-0.3, -0.25) is 0 Å². The van der Waals surface area contributed by atoms with Crippen molar-refractivity contribution < 1.29 is 5.11 Å². The Hall–Kier alpha value is -1.06. The van der Waals surface area contributed by atoms with Crippen molar-refractivity contribution in [2.75, 3.05) is 18.0 Å². The van der Waals surface area contributed by atoms with Crippen LogP contribution in [-0.2, 0) is 6.54 Å². The van der Waals surface area contributed by atoms with Crippen molar-refractivity contribution in [1.82, 2.24) is 0 Å². The van der Waals surface area contributed by atoms with E-state index < -0.39 is 0 Å². The van der Waals surface area contributed by atoms with Gasteiger partial charge in [-0.1, -0.05) is 19.1 Å². The minimum Gasteiger partial charge on any atom is -0.393 e. The van der Waals surface area contributed by atoms with Crippen molar-refractivity contribution in [3.05, 3.63) is 29.3 Å². The molecular weight excluding hydrogens is 212 g/mol. The van der Waals surface area contributed by atoms with Crippen LogP contribution in [0.2, 0.25) is 0 Å². The summed E-state index contributed by atoms with van der Waals surface area (Å²) in [5.41, 5.74) is 9.49. The molecule has 0 aromatic heterocycles. The van der Waals surface area contributed by atoms with Gasteiger partial charge in [0.25, 0.3) is 0 Å². The van der Waals surface area contributed by atoms with E-state index in [1.54, 1.807) is 0 Å². The zero-order valence-electron chi connectivity index (χ0n) is 10.7. The zero-order valence-corrected chi connectivity index (χ0v) is 10.7. The summed E-state index contributed by atoms with van der Waals surface area (Å²) in [7, 11) is 0. The van der Waals surface area contributed by atoms with Crippen LogP contribution in [0.4, 0.5) is 5.69 Å². The summed E-state index contributed by atoms with van der Waals surface area (Å²) >= 11 is 0. The molecule has 1 aromatic carbocycles. The van der Waals surface area contributed by atoms with E-state index in [2.05, 4.69) is 36.9 Å². The molecule has 1 fully saturated rings. The van der Waals surface area contributed by atoms with Gasteiger partial charge >= 0.3 is 0 Å². The summed E-state index contributed by atoms with van der Waals surface area (Å²) in [6.07, 6.45) is 0.691. The summed E-state index contributed by atoms with van der Waals surface area (Å²) in [4.78, 5) is 2.35. The van der Waals surface area contributed by atoms with Gasteiger partial charge in [0.1, 0.15) is 0 Å². The van der Waals surface area contributed by atoms with E-state index in [0.29, 0.717) is 12.5 Å². The third-order valence-corrected chi connectivity index (χ3v) is 3.66. The second-order valence-corrected chi connectivity index (χ2v) is 5.12. The summed E-state index contributed by atoms with van der Waals surface area (Å²) in [5.74, 6) is 0.329. The minimum absolute atomic E-state index is 0.155. The number of nitrogens with two attached hydrogens (primary N) is 1. The number of benzene rings is 1. The van der Waals surface area contributed by atoms with Crippen LogP contribution in [0.3, 0.4) is 0 Å². The number of nitrogens with zero attached hydrogens (tertiary/aromatic N) is 1. The average molecular weight is 234 g/mol. The fraction of sp³-hybridized carbons (Fsp3) is 0.571. The van der Waals surface area contributed by atoms with E-state index >= 15 is 0 Å². The average Bonchev–Trinajstić information content (AvgIpc) is 2.32. The highest BCUT2D eigenvalue weighted by Gasteiger charge is 2.25. The van der Waals surface area contributed by atoms with Gasteiger partial charge in [0, 0.05) is 25.3 Å². The van der Waals surface area contributed by atoms with Gasteiger partial charge in [-0.25, -0.2) is 0 Å². The first-order chi connectivity index (χ1) is 8.11. The van der Waals surface area contributed by atoms with Gasteiger partial charge in [-0.2, -0.15) is 0 Å². The van der Waals surface area contributed by atoms with Crippen molar-refractivity contribution in [2.24, 2.45) is 11.7 Å². The van der Waals surface area contributed by atoms with Crippen molar-refractivity contribution in [2.45, 2.75) is 32.9 Å². The van der Waals surface area contributed by atoms with E-state index in [1.807, 2.05) is 0 Å². The lowest BCUT2D eigenvalue weighted by molar-refractivity contribution is 0.0970. The monoisotopic (exact) mass is 234 g/mol. The fourth-order valence-corrected chi connectivity index (χ4v) is 2.49. The number of aliphatic hydroxyl groups excluding tert-OH is 1. The third-order valence-electron chi connectivity index (χ3n) is 3.66. The summed E-state index contributed by atoms with van der Waals surface area (Å²) in [5, 5.41) is 9.77. The Morgan fingerprint density at radius 3 is 2.88 bits per heavy atom. The van der Waals surface area contributed by atoms with Crippen LogP contribution < -0.4 is 10.6 Å². The first-order valence-corrected chi connectivity index (χ1v) is 6.34. The Kier molecular flexibility index (Phi) is 3.69. The summed E-state index contributed by atoms with van der Waals surface area (Å²) in [6, 6.07) is 6.42. The van der Waals surface area contributed by atoms with E-state index in [-0.39, 0.29) is 6.10 Å². The molecule has 0 radical (unpaired) electrons. The molecule has 2 unspecified atom stereocenters. The van der Waals surface area contributed by atoms with Gasteiger partial charge in [-0.05, 0) is 36.5 Å². The lowest BCUT2D eigenvalue weighted by atomic mass is 9.95. The number of anilines is 1. The molecule has 1 saturated heterocycles. The van der Waals surface area contributed by atoms with Gasteiger partial charge in [0.15, 0.2) is 0 Å². The molecule has 1 aromatic rings. The van der Waals surface area contributed by atoms with Gasteiger partial charge in [0.2, 0.25) is 0 Å². The number of aliphatic hydroxyl groups is 1. The molecule has 3 N–H and O–H groups in total. The highest BCUT2D eigenvalue weighted by molar-refractivity contribution is 5.55. The second kappa shape index (κ2) is 5.07. The Morgan fingerprint density at radius 1 is 1.47 bits per heavy atom. The molecule has 0 aliphatic carbocycles. The topological polar surface area (TPSA) is 49.5 Å². The lowest BCUT2D eigenvalue weighted by Crippen LogP contribution is -2.42. The highest BCUT2D eigenvalue weighted by atomic mass is 16.3. The van der Waals surface area contributed by atoms with Crippen LogP contribution in [0.5, 0.6) is 0 Å². The van der Waals surface area contributed by atoms with Crippen LogP contribution in [0, 0.1) is 12.8 Å². The molecule has 1 heterocycles. The Morgan fingerprint density at radius 2 is 2.24 bits per heavy atom. The van der Waals surface area contributed by atoms with Crippen molar-refractivity contribution in [3.8, 4) is 0 Å². The number of hydrogen-bond acceptors (Lipinski definition) is 3. The molecule has 0 saturated carbocycles. The normalized spacial score (nSPS) is 25.1. The predicted octanol–water partition coefficient (Wildman–Crippen LogP) is 1.66. The molecule has 2 atom stereocenters. The summed E-state index contributed by atoms with van der Waals surface area (Å²) < 4.78 is 0. The molecule has 17 heavy (non-hydrogen) atoms. The maximum absolute atomic E-state index is 9.77. The maximum Gasteiger partial charge on any atom is 0.0599 e. The fourth-order valence-electron chi connectivity index (χ4n) is 2.49. The molecular formula is C14H22N2O.